The van der Waals surface area contributed by atoms with Crippen LogP contribution in [-0.4, -0.2) is 19.5 Å². The minimum Gasteiger partial charge on any atom is -0.455 e. The number of benzene rings is 10. The molecule has 0 aliphatic carbocycles. The van der Waals surface area contributed by atoms with E-state index < -0.39 is 0 Å². The van der Waals surface area contributed by atoms with Crippen molar-refractivity contribution in [2.45, 2.75) is 0 Å². The van der Waals surface area contributed by atoms with Gasteiger partial charge in [-0.3, -0.25) is 0 Å². The second-order valence-electron chi connectivity index (χ2n) is 16.7. The Bertz CT molecular complexity index is 4250. The lowest BCUT2D eigenvalue weighted by Crippen LogP contribution is -2.02. The molecule has 10 aromatic carbocycles. The first kappa shape index (κ1) is 35.7. The van der Waals surface area contributed by atoms with Gasteiger partial charge in [0.05, 0.1) is 16.6 Å². The van der Waals surface area contributed by atoms with Crippen molar-refractivity contribution in [2.24, 2.45) is 0 Å². The van der Waals surface area contributed by atoms with E-state index in [0.717, 1.165) is 99.2 Å². The van der Waals surface area contributed by atoms with Gasteiger partial charge in [0.15, 0.2) is 17.5 Å². The van der Waals surface area contributed by atoms with Gasteiger partial charge in [0, 0.05) is 54.5 Å². The van der Waals surface area contributed by atoms with E-state index in [-0.39, 0.29) is 0 Å². The second kappa shape index (κ2) is 13.8. The number of para-hydroxylation sites is 4. The van der Waals surface area contributed by atoms with E-state index in [1.807, 2.05) is 60.7 Å². The Balaban J connectivity index is 1.10. The van der Waals surface area contributed by atoms with Crippen molar-refractivity contribution in [3.05, 3.63) is 206 Å². The summed E-state index contributed by atoms with van der Waals surface area (Å²) >= 11 is 0. The molecule has 65 heavy (non-hydrogen) atoms. The van der Waals surface area contributed by atoms with Gasteiger partial charge < -0.3 is 13.4 Å². The maximum absolute atomic E-state index is 6.79. The summed E-state index contributed by atoms with van der Waals surface area (Å²) in [6.07, 6.45) is 0. The van der Waals surface area contributed by atoms with Crippen molar-refractivity contribution in [2.75, 3.05) is 0 Å². The van der Waals surface area contributed by atoms with Crippen LogP contribution in [0.15, 0.2) is 215 Å². The number of nitrogens with zero attached hydrogens (tertiary/aromatic N) is 4. The van der Waals surface area contributed by atoms with Gasteiger partial charge in [0.1, 0.15) is 22.3 Å². The number of hydrogen-bond acceptors (Lipinski definition) is 5. The van der Waals surface area contributed by atoms with Crippen LogP contribution in [0.4, 0.5) is 0 Å². The van der Waals surface area contributed by atoms with Gasteiger partial charge in [0.25, 0.3) is 0 Å². The third kappa shape index (κ3) is 5.44. The van der Waals surface area contributed by atoms with Gasteiger partial charge in [0.2, 0.25) is 0 Å². The Labute approximate surface area is 371 Å². The van der Waals surface area contributed by atoms with E-state index in [2.05, 4.69) is 150 Å². The average molecular weight is 831 g/mol. The predicted octanol–water partition coefficient (Wildman–Crippen LogP) is 15.7. The zero-order valence-electron chi connectivity index (χ0n) is 34.7. The smallest absolute Gasteiger partial charge is 0.167 e. The first-order chi connectivity index (χ1) is 32.2. The van der Waals surface area contributed by atoms with Crippen LogP contribution in [0.5, 0.6) is 0 Å². The molecule has 0 saturated carbocycles. The topological polar surface area (TPSA) is 69.9 Å². The lowest BCUT2D eigenvalue weighted by atomic mass is 9.91. The minimum absolute atomic E-state index is 0.528. The molecular weight excluding hydrogens is 797 g/mol. The molecule has 0 aliphatic rings. The first-order valence-electron chi connectivity index (χ1n) is 21.8. The van der Waals surface area contributed by atoms with Gasteiger partial charge in [-0.05, 0) is 87.9 Å². The van der Waals surface area contributed by atoms with Crippen LogP contribution in [-0.2, 0) is 0 Å². The molecule has 14 rings (SSSR count). The number of rotatable bonds is 5. The van der Waals surface area contributed by atoms with Crippen molar-refractivity contribution in [1.29, 1.82) is 0 Å². The molecule has 0 unspecified atom stereocenters. The summed E-state index contributed by atoms with van der Waals surface area (Å²) in [7, 11) is 0. The van der Waals surface area contributed by atoms with Crippen molar-refractivity contribution >= 4 is 87.2 Å². The third-order valence-electron chi connectivity index (χ3n) is 13.0. The van der Waals surface area contributed by atoms with E-state index in [9.17, 15) is 0 Å². The molecule has 302 valence electrons. The molecule has 4 heterocycles. The number of hydrogen-bond donors (Lipinski definition) is 0. The summed E-state index contributed by atoms with van der Waals surface area (Å²) in [5.74, 6) is 1.64. The zero-order valence-corrected chi connectivity index (χ0v) is 34.7. The molecule has 0 radical (unpaired) electrons. The third-order valence-corrected chi connectivity index (χ3v) is 13.0. The highest BCUT2D eigenvalue weighted by Gasteiger charge is 2.24. The minimum atomic E-state index is 0.528. The zero-order chi connectivity index (χ0) is 42.6. The summed E-state index contributed by atoms with van der Waals surface area (Å²) in [6, 6.07) is 72.2. The van der Waals surface area contributed by atoms with Crippen LogP contribution in [0.2, 0.25) is 0 Å². The van der Waals surface area contributed by atoms with Gasteiger partial charge in [-0.1, -0.05) is 146 Å². The fourth-order valence-corrected chi connectivity index (χ4v) is 10.1. The van der Waals surface area contributed by atoms with Crippen LogP contribution in [0.25, 0.3) is 138 Å². The molecule has 0 atom stereocenters. The predicted molar refractivity (Wildman–Crippen MR) is 265 cm³/mol. The number of furan rings is 2. The first-order valence-corrected chi connectivity index (χ1v) is 21.8. The number of fused-ring (bicyclic) bond motifs is 12. The Morgan fingerprint density at radius 3 is 1.77 bits per heavy atom. The van der Waals surface area contributed by atoms with Crippen LogP contribution in [0, 0.1) is 0 Å². The standard InChI is InChI=1S/C59H34N4O2/c1-2-15-35(16-3-1)57-60-58(62-59(61-57)46-25-14-24-43-42-22-9-12-27-52(42)64-55(43)46)44-30-29-39(63-50-26-11-8-21-41(50)48-31-36-17-4-5-18-37(36)33-51(48)63)34-47(44)49-32-38-19-6-7-20-40(38)56-54(49)45-23-10-13-28-53(45)65-56/h1-34H. The Hall–Kier alpha value is -8.87. The summed E-state index contributed by atoms with van der Waals surface area (Å²) in [5, 5.41) is 11.1. The van der Waals surface area contributed by atoms with E-state index in [1.165, 1.54) is 21.5 Å². The summed E-state index contributed by atoms with van der Waals surface area (Å²) in [6.45, 7) is 0. The van der Waals surface area contributed by atoms with E-state index in [4.69, 9.17) is 23.8 Å². The van der Waals surface area contributed by atoms with Crippen LogP contribution < -0.4 is 0 Å². The van der Waals surface area contributed by atoms with Gasteiger partial charge >= 0.3 is 0 Å². The second-order valence-corrected chi connectivity index (χ2v) is 16.7. The molecule has 0 spiro atoms. The fraction of sp³-hybridized carbons (Fsp3) is 0. The Kier molecular flexibility index (Phi) is 7.59. The van der Waals surface area contributed by atoms with E-state index in [0.29, 0.717) is 17.5 Å². The molecule has 6 heteroatoms. The molecule has 0 aliphatic heterocycles. The summed E-state index contributed by atoms with van der Waals surface area (Å²) in [4.78, 5) is 16.0. The molecule has 4 aromatic heterocycles. The quantitative estimate of drug-likeness (QED) is 0.173. The molecule has 0 amide bonds. The van der Waals surface area contributed by atoms with Gasteiger partial charge in [-0.25, -0.2) is 15.0 Å². The molecule has 0 bridgehead atoms. The molecule has 0 N–H and O–H groups in total. The van der Waals surface area contributed by atoms with Crippen molar-refractivity contribution in [3.8, 4) is 51.0 Å². The highest BCUT2D eigenvalue weighted by atomic mass is 16.3. The lowest BCUT2D eigenvalue weighted by molar-refractivity contribution is 0.669. The van der Waals surface area contributed by atoms with Crippen LogP contribution in [0.1, 0.15) is 0 Å². The molecule has 0 fully saturated rings. The molecule has 0 saturated heterocycles. The normalized spacial score (nSPS) is 12.0. The Morgan fingerprint density at radius 2 is 0.938 bits per heavy atom. The largest absolute Gasteiger partial charge is 0.455 e. The van der Waals surface area contributed by atoms with Crippen LogP contribution >= 0.6 is 0 Å². The molecular formula is C59H34N4O2. The van der Waals surface area contributed by atoms with E-state index in [1.54, 1.807) is 0 Å². The van der Waals surface area contributed by atoms with Gasteiger partial charge in [-0.2, -0.15) is 0 Å². The number of aromatic nitrogens is 4. The fourth-order valence-electron chi connectivity index (χ4n) is 10.1. The average Bonchev–Trinajstić information content (AvgIpc) is 4.05. The van der Waals surface area contributed by atoms with E-state index >= 15 is 0 Å². The van der Waals surface area contributed by atoms with Crippen molar-refractivity contribution in [1.82, 2.24) is 19.5 Å². The highest BCUT2D eigenvalue weighted by molar-refractivity contribution is 6.22. The highest BCUT2D eigenvalue weighted by Crippen LogP contribution is 2.46. The van der Waals surface area contributed by atoms with Crippen LogP contribution in [0.3, 0.4) is 0 Å². The van der Waals surface area contributed by atoms with Crippen molar-refractivity contribution in [3.63, 3.8) is 0 Å². The van der Waals surface area contributed by atoms with Crippen molar-refractivity contribution < 1.29 is 8.83 Å². The lowest BCUT2D eigenvalue weighted by Gasteiger charge is -2.17. The molecule has 14 aromatic rings. The SMILES string of the molecule is c1ccc(-c2nc(-c3ccc(-n4c5ccccc5c5cc6ccccc6cc54)cc3-c3cc4ccccc4c4oc5ccccc5c34)nc(-c3cccc4c3oc3ccccc34)n2)cc1. The Morgan fingerprint density at radius 1 is 0.323 bits per heavy atom. The maximum Gasteiger partial charge on any atom is 0.167 e. The maximum atomic E-state index is 6.79. The summed E-state index contributed by atoms with van der Waals surface area (Å²) < 4.78 is 15.8. The molecule has 6 nitrogen and oxygen atoms in total. The van der Waals surface area contributed by atoms with Gasteiger partial charge in [-0.15, -0.1) is 0 Å². The summed E-state index contributed by atoms with van der Waals surface area (Å²) in [5.41, 5.74) is 11.0. The monoisotopic (exact) mass is 830 g/mol.